The van der Waals surface area contributed by atoms with Crippen molar-refractivity contribution in [2.24, 2.45) is 0 Å². The zero-order chi connectivity index (χ0) is 32.3. The number of hydrogen-bond donors (Lipinski definition) is 0. The number of aromatic nitrogens is 1. The number of hydrogen-bond acceptors (Lipinski definition) is 6. The van der Waals surface area contributed by atoms with E-state index in [-0.39, 0.29) is 36.0 Å². The molecule has 5 aromatic carbocycles. The van der Waals surface area contributed by atoms with Gasteiger partial charge in [0.2, 0.25) is 0 Å². The van der Waals surface area contributed by atoms with Crippen molar-refractivity contribution in [1.82, 2.24) is 4.57 Å². The summed E-state index contributed by atoms with van der Waals surface area (Å²) >= 11 is 0. The molecule has 0 radical (unpaired) electrons. The Morgan fingerprint density at radius 3 is 1.77 bits per heavy atom. The second-order valence-electron chi connectivity index (χ2n) is 10.8. The van der Waals surface area contributed by atoms with Crippen LogP contribution >= 0.6 is 0 Å². The van der Waals surface area contributed by atoms with Gasteiger partial charge < -0.3 is 23.5 Å². The Kier molecular flexibility index (Phi) is 10.7. The largest absolute Gasteiger partial charge is 1.00 e. The number of ether oxygens (including phenoxy) is 2. The van der Waals surface area contributed by atoms with Gasteiger partial charge in [0.15, 0.2) is 0 Å². The van der Waals surface area contributed by atoms with Gasteiger partial charge in [-0.05, 0) is 97.3 Å². The van der Waals surface area contributed by atoms with E-state index in [1.54, 1.807) is 21.1 Å². The van der Waals surface area contributed by atoms with Crippen LogP contribution < -0.4 is 43.9 Å². The molecule has 9 heteroatoms. The minimum atomic E-state index is -4.55. The summed E-state index contributed by atoms with van der Waals surface area (Å²) in [4.78, 5) is 2.17. The van der Waals surface area contributed by atoms with Crippen molar-refractivity contribution < 1.29 is 52.0 Å². The molecule has 0 amide bonds. The number of nitrogens with zero attached hydrogens (tertiary/aromatic N) is 2. The molecule has 47 heavy (non-hydrogen) atoms. The quantitative estimate of drug-likeness (QED) is 0.114. The fourth-order valence-corrected chi connectivity index (χ4v) is 6.53. The number of aryl methyl sites for hydroxylation is 1. The minimum Gasteiger partial charge on any atom is -0.747 e. The van der Waals surface area contributed by atoms with Gasteiger partial charge in [0.1, 0.15) is 26.9 Å². The molecule has 1 unspecified atom stereocenters. The molecule has 6 rings (SSSR count). The Bertz CT molecular complexity index is 2120. The average molecular weight is 653 g/mol. The van der Waals surface area contributed by atoms with Crippen LogP contribution in [0.15, 0.2) is 115 Å². The number of para-hydroxylation sites is 1. The fourth-order valence-electron chi connectivity index (χ4n) is 5.88. The first-order chi connectivity index (χ1) is 22.3. The maximum absolute atomic E-state index is 11.9. The van der Waals surface area contributed by atoms with Crippen LogP contribution in [-0.2, 0) is 16.7 Å². The monoisotopic (exact) mass is 652 g/mol. The van der Waals surface area contributed by atoms with Crippen molar-refractivity contribution in [2.45, 2.75) is 25.1 Å². The van der Waals surface area contributed by atoms with Gasteiger partial charge in [-0.25, -0.2) is 8.42 Å². The third kappa shape index (κ3) is 7.20. The summed E-state index contributed by atoms with van der Waals surface area (Å²) in [5.41, 5.74) is 6.94. The first-order valence-electron chi connectivity index (χ1n) is 14.9. The molecule has 0 saturated heterocycles. The van der Waals surface area contributed by atoms with Crippen LogP contribution in [0.25, 0.3) is 32.9 Å². The van der Waals surface area contributed by atoms with E-state index < -0.39 is 15.4 Å². The molecule has 0 aliphatic carbocycles. The number of rotatable bonds is 10. The predicted octanol–water partition coefficient (Wildman–Crippen LogP) is 5.28. The Morgan fingerprint density at radius 2 is 1.23 bits per heavy atom. The molecule has 232 valence electrons. The van der Waals surface area contributed by atoms with Crippen LogP contribution in [0.5, 0.6) is 11.5 Å². The predicted molar refractivity (Wildman–Crippen MR) is 184 cm³/mol. The van der Waals surface area contributed by atoms with E-state index in [1.807, 2.05) is 66.7 Å². The Morgan fingerprint density at radius 1 is 0.723 bits per heavy atom. The standard InChI is InChI=1S/C38H34N2O5S.Na/c1-4-7-34(46(41,42)43)24-25-39-37-9-6-5-8-35(37)36-23-12-28(26-38(36)39)27-10-13-29(14-11-27)40(30-15-19-32(44-2)20-16-30)31-17-21-33(45-3)22-18-31;/h5-6,8-23,26,34H,24-25H2,1-3H3,(H,41,42,43);/q;+1/p-1. The molecule has 0 spiro atoms. The van der Waals surface area contributed by atoms with E-state index in [2.05, 4.69) is 69.8 Å². The first kappa shape index (κ1) is 34.1. The van der Waals surface area contributed by atoms with Gasteiger partial charge >= 0.3 is 29.6 Å². The van der Waals surface area contributed by atoms with Crippen molar-refractivity contribution >= 4 is 49.0 Å². The van der Waals surface area contributed by atoms with Gasteiger partial charge in [0.25, 0.3) is 0 Å². The average Bonchev–Trinajstić information content (AvgIpc) is 3.40. The molecule has 7 nitrogen and oxygen atoms in total. The molecule has 1 aromatic heterocycles. The van der Waals surface area contributed by atoms with E-state index in [9.17, 15) is 13.0 Å². The van der Waals surface area contributed by atoms with Crippen LogP contribution in [0.4, 0.5) is 17.1 Å². The summed E-state index contributed by atoms with van der Waals surface area (Å²) in [6.07, 6.45) is 0.103. The van der Waals surface area contributed by atoms with Gasteiger partial charge in [0.05, 0.1) is 14.2 Å². The molecule has 0 saturated carbocycles. The number of fused-ring (bicyclic) bond motifs is 3. The van der Waals surface area contributed by atoms with E-state index >= 15 is 0 Å². The third-order valence-corrected chi connectivity index (χ3v) is 9.21. The molecule has 0 aliphatic heterocycles. The Hall–Kier alpha value is -4.23. The van der Waals surface area contributed by atoms with Crippen LogP contribution in [0.1, 0.15) is 13.3 Å². The molecule has 6 aromatic rings. The summed E-state index contributed by atoms with van der Waals surface area (Å²) in [5.74, 6) is 6.75. The SMILES string of the molecule is CC#CC(CCn1c2ccccc2c2ccc(-c3ccc(N(c4ccc(OC)cc4)c4ccc(OC)cc4)cc3)cc21)S(=O)(=O)[O-].[Na+]. The zero-order valence-electron chi connectivity index (χ0n) is 26.8. The third-order valence-electron chi connectivity index (χ3n) is 8.16. The number of benzene rings is 5. The van der Waals surface area contributed by atoms with Gasteiger partial charge in [-0.15, -0.1) is 5.92 Å². The van der Waals surface area contributed by atoms with Crippen molar-refractivity contribution in [3.8, 4) is 34.5 Å². The van der Waals surface area contributed by atoms with Crippen molar-refractivity contribution in [3.05, 3.63) is 115 Å². The molecule has 0 aliphatic rings. The molecule has 1 heterocycles. The van der Waals surface area contributed by atoms with E-state index in [1.165, 1.54) is 0 Å². The van der Waals surface area contributed by atoms with Gasteiger partial charge in [0, 0.05) is 45.4 Å². The molecular formula is C38H33N2NaO5S. The van der Waals surface area contributed by atoms with Crippen molar-refractivity contribution in [1.29, 1.82) is 0 Å². The first-order valence-corrected chi connectivity index (χ1v) is 16.3. The van der Waals surface area contributed by atoms with Gasteiger partial charge in [-0.2, -0.15) is 0 Å². The summed E-state index contributed by atoms with van der Waals surface area (Å²) in [7, 11) is -1.24. The van der Waals surface area contributed by atoms with Crippen LogP contribution in [-0.4, -0.2) is 37.0 Å². The van der Waals surface area contributed by atoms with Crippen LogP contribution in [0.2, 0.25) is 0 Å². The summed E-state index contributed by atoms with van der Waals surface area (Å²) in [5, 5.41) is 0.866. The number of anilines is 3. The van der Waals surface area contributed by atoms with Crippen LogP contribution in [0, 0.1) is 11.8 Å². The fraction of sp³-hybridized carbons (Fsp3) is 0.158. The zero-order valence-corrected chi connectivity index (χ0v) is 29.6. The van der Waals surface area contributed by atoms with Crippen LogP contribution in [0.3, 0.4) is 0 Å². The second kappa shape index (κ2) is 14.7. The number of methoxy groups -OCH3 is 2. The van der Waals surface area contributed by atoms with Gasteiger partial charge in [-0.1, -0.05) is 48.4 Å². The molecule has 0 bridgehead atoms. The maximum atomic E-state index is 11.9. The van der Waals surface area contributed by atoms with E-state index in [0.29, 0.717) is 6.54 Å². The summed E-state index contributed by atoms with van der Waals surface area (Å²) in [6.45, 7) is 1.88. The normalized spacial score (nSPS) is 11.7. The Labute approximate surface area is 297 Å². The summed E-state index contributed by atoms with van der Waals surface area (Å²) in [6, 6.07) is 38.6. The van der Waals surface area contributed by atoms with E-state index in [4.69, 9.17) is 9.47 Å². The Balaban J connectivity index is 0.00000433. The second-order valence-corrected chi connectivity index (χ2v) is 12.4. The van der Waals surface area contributed by atoms with Crippen molar-refractivity contribution in [2.75, 3.05) is 19.1 Å². The molecule has 0 N–H and O–H groups in total. The maximum Gasteiger partial charge on any atom is 1.00 e. The molecule has 1 atom stereocenters. The molecular weight excluding hydrogens is 619 g/mol. The topological polar surface area (TPSA) is 83.8 Å². The van der Waals surface area contributed by atoms with Crippen molar-refractivity contribution in [3.63, 3.8) is 0 Å². The smallest absolute Gasteiger partial charge is 0.747 e. The molecule has 0 fully saturated rings. The van der Waals surface area contributed by atoms with Gasteiger partial charge in [-0.3, -0.25) is 0 Å². The van der Waals surface area contributed by atoms with E-state index in [0.717, 1.165) is 61.5 Å². The minimum absolute atomic E-state index is 0. The summed E-state index contributed by atoms with van der Waals surface area (Å²) < 4.78 is 48.5.